The molecule has 2 aromatic rings. The zero-order chi connectivity index (χ0) is 17.0. The van der Waals surface area contributed by atoms with Crippen LogP contribution in [0.1, 0.15) is 26.5 Å². The van der Waals surface area contributed by atoms with E-state index in [9.17, 15) is 14.7 Å². The number of para-hydroxylation sites is 1. The molecule has 0 fully saturated rings. The van der Waals surface area contributed by atoms with Crippen molar-refractivity contribution < 1.29 is 19.4 Å². The second-order valence-corrected chi connectivity index (χ2v) is 6.24. The molecule has 0 unspecified atom stereocenters. The van der Waals surface area contributed by atoms with Crippen molar-refractivity contribution in [3.05, 3.63) is 42.1 Å². The van der Waals surface area contributed by atoms with E-state index in [1.807, 2.05) is 30.3 Å². The second kappa shape index (κ2) is 6.64. The number of carboxylic acid groups (broad SMARTS) is 1. The number of hydrogen-bond donors (Lipinski definition) is 2. The zero-order valence-electron chi connectivity index (χ0n) is 13.4. The van der Waals surface area contributed by atoms with Gasteiger partial charge in [0.2, 0.25) is 0 Å². The van der Waals surface area contributed by atoms with Gasteiger partial charge in [-0.1, -0.05) is 24.3 Å². The largest absolute Gasteiger partial charge is 0.480 e. The normalized spacial score (nSPS) is 12.7. The molecule has 23 heavy (non-hydrogen) atoms. The SMILES string of the molecule is CC(C)(C)OC(=O)N[C@H](Cc1ccc2ccccc2n1)C(=O)O. The molecule has 1 atom stereocenters. The first-order chi connectivity index (χ1) is 10.7. The van der Waals surface area contributed by atoms with Crippen LogP contribution in [0.5, 0.6) is 0 Å². The number of fused-ring (bicyclic) bond motifs is 1. The first kappa shape index (κ1) is 16.7. The summed E-state index contributed by atoms with van der Waals surface area (Å²) in [6.07, 6.45) is -0.676. The van der Waals surface area contributed by atoms with Gasteiger partial charge in [0.15, 0.2) is 0 Å². The number of aromatic nitrogens is 1. The molecule has 6 nitrogen and oxygen atoms in total. The summed E-state index contributed by atoms with van der Waals surface area (Å²) < 4.78 is 5.09. The van der Waals surface area contributed by atoms with Gasteiger partial charge in [0, 0.05) is 17.5 Å². The summed E-state index contributed by atoms with van der Waals surface area (Å²) in [6.45, 7) is 5.15. The molecule has 0 spiro atoms. The van der Waals surface area contributed by atoms with Gasteiger partial charge in [-0.25, -0.2) is 9.59 Å². The lowest BCUT2D eigenvalue weighted by Gasteiger charge is -2.22. The molecule has 0 radical (unpaired) electrons. The number of nitrogens with one attached hydrogen (secondary N) is 1. The highest BCUT2D eigenvalue weighted by Gasteiger charge is 2.24. The van der Waals surface area contributed by atoms with Gasteiger partial charge < -0.3 is 15.2 Å². The first-order valence-corrected chi connectivity index (χ1v) is 7.31. The number of hydrogen-bond acceptors (Lipinski definition) is 4. The number of carbonyl (C=O) groups is 2. The fourth-order valence-electron chi connectivity index (χ4n) is 2.08. The Labute approximate surface area is 134 Å². The fourth-order valence-corrected chi connectivity index (χ4v) is 2.08. The van der Waals surface area contributed by atoms with Gasteiger partial charge >= 0.3 is 12.1 Å². The van der Waals surface area contributed by atoms with Crippen LogP contribution >= 0.6 is 0 Å². The zero-order valence-corrected chi connectivity index (χ0v) is 13.4. The topological polar surface area (TPSA) is 88.5 Å². The van der Waals surface area contributed by atoms with Crippen molar-refractivity contribution in [1.82, 2.24) is 10.3 Å². The predicted molar refractivity (Wildman–Crippen MR) is 86.2 cm³/mol. The standard InChI is InChI=1S/C17H20N2O4/c1-17(2,3)23-16(22)19-14(15(20)21)10-12-9-8-11-6-4-5-7-13(11)18-12/h4-9,14H,10H2,1-3H3,(H,19,22)(H,20,21)/t14-/m1/s1. The Kier molecular flexibility index (Phi) is 4.83. The van der Waals surface area contributed by atoms with E-state index >= 15 is 0 Å². The summed E-state index contributed by atoms with van der Waals surface area (Å²) in [5.74, 6) is -1.13. The Morgan fingerprint density at radius 3 is 2.57 bits per heavy atom. The van der Waals surface area contributed by atoms with Crippen molar-refractivity contribution in [2.24, 2.45) is 0 Å². The summed E-state index contributed by atoms with van der Waals surface area (Å²) in [4.78, 5) is 27.6. The molecule has 1 amide bonds. The fraction of sp³-hybridized carbons (Fsp3) is 0.353. The molecule has 1 heterocycles. The molecule has 1 aromatic carbocycles. The van der Waals surface area contributed by atoms with E-state index in [0.29, 0.717) is 5.69 Å². The molecule has 0 aliphatic rings. The van der Waals surface area contributed by atoms with Crippen molar-refractivity contribution >= 4 is 23.0 Å². The minimum Gasteiger partial charge on any atom is -0.480 e. The highest BCUT2D eigenvalue weighted by Crippen LogP contribution is 2.13. The number of carboxylic acids is 1. The van der Waals surface area contributed by atoms with E-state index < -0.39 is 23.7 Å². The van der Waals surface area contributed by atoms with Gasteiger partial charge in [-0.15, -0.1) is 0 Å². The Hall–Kier alpha value is -2.63. The van der Waals surface area contributed by atoms with Gasteiger partial charge in [0.1, 0.15) is 11.6 Å². The van der Waals surface area contributed by atoms with E-state index in [-0.39, 0.29) is 6.42 Å². The highest BCUT2D eigenvalue weighted by molar-refractivity contribution is 5.81. The lowest BCUT2D eigenvalue weighted by Crippen LogP contribution is -2.44. The van der Waals surface area contributed by atoms with Crippen molar-refractivity contribution in [1.29, 1.82) is 0 Å². The number of carbonyl (C=O) groups excluding carboxylic acids is 1. The van der Waals surface area contributed by atoms with Gasteiger partial charge in [-0.05, 0) is 32.9 Å². The summed E-state index contributed by atoms with van der Waals surface area (Å²) in [7, 11) is 0. The van der Waals surface area contributed by atoms with Crippen LogP contribution in [-0.2, 0) is 16.0 Å². The molecular weight excluding hydrogens is 296 g/mol. The number of nitrogens with zero attached hydrogens (tertiary/aromatic N) is 1. The van der Waals surface area contributed by atoms with E-state index in [4.69, 9.17) is 4.74 Å². The lowest BCUT2D eigenvalue weighted by molar-refractivity contribution is -0.139. The number of pyridine rings is 1. The third kappa shape index (κ3) is 4.95. The molecule has 1 aromatic heterocycles. The Morgan fingerprint density at radius 2 is 1.91 bits per heavy atom. The highest BCUT2D eigenvalue weighted by atomic mass is 16.6. The quantitative estimate of drug-likeness (QED) is 0.905. The molecule has 2 rings (SSSR count). The number of alkyl carbamates (subject to hydrolysis) is 1. The second-order valence-electron chi connectivity index (χ2n) is 6.24. The molecule has 0 aliphatic heterocycles. The molecule has 0 aliphatic carbocycles. The van der Waals surface area contributed by atoms with E-state index in [1.165, 1.54) is 0 Å². The van der Waals surface area contributed by atoms with Crippen molar-refractivity contribution in [3.8, 4) is 0 Å². The van der Waals surface area contributed by atoms with E-state index in [0.717, 1.165) is 10.9 Å². The maximum Gasteiger partial charge on any atom is 0.408 e. The molecule has 0 saturated carbocycles. The van der Waals surface area contributed by atoms with Gasteiger partial charge in [-0.3, -0.25) is 4.98 Å². The third-order valence-electron chi connectivity index (χ3n) is 3.06. The maximum atomic E-state index is 11.8. The van der Waals surface area contributed by atoms with Crippen molar-refractivity contribution in [2.75, 3.05) is 0 Å². The van der Waals surface area contributed by atoms with Crippen LogP contribution in [0.2, 0.25) is 0 Å². The Bertz CT molecular complexity index is 722. The molecule has 0 saturated heterocycles. The number of ether oxygens (including phenoxy) is 1. The van der Waals surface area contributed by atoms with Crippen LogP contribution in [0.3, 0.4) is 0 Å². The Morgan fingerprint density at radius 1 is 1.22 bits per heavy atom. The maximum absolute atomic E-state index is 11.8. The average Bonchev–Trinajstić information content (AvgIpc) is 2.44. The number of benzene rings is 1. The summed E-state index contributed by atoms with van der Waals surface area (Å²) in [5.41, 5.74) is 0.687. The van der Waals surface area contributed by atoms with Crippen LogP contribution in [0, 0.1) is 0 Å². The van der Waals surface area contributed by atoms with Gasteiger partial charge in [0.25, 0.3) is 0 Å². The lowest BCUT2D eigenvalue weighted by atomic mass is 10.1. The van der Waals surface area contributed by atoms with Crippen LogP contribution in [0.15, 0.2) is 36.4 Å². The number of rotatable bonds is 4. The van der Waals surface area contributed by atoms with Crippen LogP contribution < -0.4 is 5.32 Å². The van der Waals surface area contributed by atoms with Crippen LogP contribution in [0.25, 0.3) is 10.9 Å². The van der Waals surface area contributed by atoms with Gasteiger partial charge in [-0.2, -0.15) is 0 Å². The molecule has 0 bridgehead atoms. The molecular formula is C17H20N2O4. The summed E-state index contributed by atoms with van der Waals surface area (Å²) in [6, 6.07) is 10.1. The molecule has 2 N–H and O–H groups in total. The van der Waals surface area contributed by atoms with Gasteiger partial charge in [0.05, 0.1) is 5.52 Å². The first-order valence-electron chi connectivity index (χ1n) is 7.31. The van der Waals surface area contributed by atoms with E-state index in [1.54, 1.807) is 26.8 Å². The number of amides is 1. The summed E-state index contributed by atoms with van der Waals surface area (Å²) >= 11 is 0. The third-order valence-corrected chi connectivity index (χ3v) is 3.06. The minimum atomic E-state index is -1.13. The average molecular weight is 316 g/mol. The molecule has 122 valence electrons. The Balaban J connectivity index is 2.11. The predicted octanol–water partition coefficient (Wildman–Crippen LogP) is 2.76. The van der Waals surface area contributed by atoms with Crippen molar-refractivity contribution in [2.45, 2.75) is 38.8 Å². The monoisotopic (exact) mass is 316 g/mol. The van der Waals surface area contributed by atoms with Crippen LogP contribution in [-0.4, -0.2) is 33.8 Å². The summed E-state index contributed by atoms with van der Waals surface area (Å²) in [5, 5.41) is 12.6. The molecule has 6 heteroatoms. The van der Waals surface area contributed by atoms with Crippen LogP contribution in [0.4, 0.5) is 4.79 Å². The smallest absolute Gasteiger partial charge is 0.408 e. The minimum absolute atomic E-state index is 0.0827. The van der Waals surface area contributed by atoms with Crippen molar-refractivity contribution in [3.63, 3.8) is 0 Å². The van der Waals surface area contributed by atoms with E-state index in [2.05, 4.69) is 10.3 Å². The number of aliphatic carboxylic acids is 1.